The van der Waals surface area contributed by atoms with Crippen LogP contribution in [-0.2, 0) is 11.2 Å². The van der Waals surface area contributed by atoms with Gasteiger partial charge in [0, 0.05) is 13.2 Å². The van der Waals surface area contributed by atoms with Gasteiger partial charge in [0.1, 0.15) is 0 Å². The molecule has 0 aliphatic rings. The first-order valence-corrected chi connectivity index (χ1v) is 6.05. The highest BCUT2D eigenvalue weighted by Crippen LogP contribution is 2.04. The molecule has 0 fully saturated rings. The van der Waals surface area contributed by atoms with E-state index in [1.807, 2.05) is 38.1 Å². The molecule has 1 aromatic carbocycles. The number of nitrogens with one attached hydrogen (secondary N) is 1. The highest BCUT2D eigenvalue weighted by molar-refractivity contribution is 5.78. The molecule has 1 amide bonds. The summed E-state index contributed by atoms with van der Waals surface area (Å²) < 4.78 is 0. The van der Waals surface area contributed by atoms with Crippen molar-refractivity contribution in [2.24, 2.45) is 5.92 Å². The number of hydrogen-bond acceptors (Lipinski definition) is 2. The summed E-state index contributed by atoms with van der Waals surface area (Å²) in [6.45, 7) is 4.85. The number of aliphatic hydroxyl groups excluding tert-OH is 1. The van der Waals surface area contributed by atoms with Crippen molar-refractivity contribution in [3.05, 3.63) is 35.4 Å². The van der Waals surface area contributed by atoms with E-state index in [9.17, 15) is 4.79 Å². The van der Waals surface area contributed by atoms with Gasteiger partial charge in [-0.1, -0.05) is 36.8 Å². The third-order valence-corrected chi connectivity index (χ3v) is 2.75. The van der Waals surface area contributed by atoms with E-state index in [1.165, 1.54) is 5.56 Å². The Morgan fingerprint density at radius 1 is 1.35 bits per heavy atom. The van der Waals surface area contributed by atoms with Gasteiger partial charge >= 0.3 is 0 Å². The molecule has 3 nitrogen and oxygen atoms in total. The molecule has 1 aromatic rings. The van der Waals surface area contributed by atoms with Gasteiger partial charge in [-0.05, 0) is 24.8 Å². The first kappa shape index (κ1) is 13.7. The van der Waals surface area contributed by atoms with Gasteiger partial charge in [-0.15, -0.1) is 0 Å². The van der Waals surface area contributed by atoms with Gasteiger partial charge in [-0.2, -0.15) is 0 Å². The predicted octanol–water partition coefficient (Wildman–Crippen LogP) is 1.67. The van der Waals surface area contributed by atoms with E-state index < -0.39 is 0 Å². The number of aliphatic hydroxyl groups is 1. The predicted molar refractivity (Wildman–Crippen MR) is 68.8 cm³/mol. The zero-order valence-electron chi connectivity index (χ0n) is 10.6. The lowest BCUT2D eigenvalue weighted by Crippen LogP contribution is -2.29. The van der Waals surface area contributed by atoms with Crippen LogP contribution in [0.15, 0.2) is 24.3 Å². The molecule has 0 bridgehead atoms. The average molecular weight is 235 g/mol. The molecule has 0 heterocycles. The van der Waals surface area contributed by atoms with Crippen LogP contribution in [0, 0.1) is 12.8 Å². The maximum atomic E-state index is 11.6. The monoisotopic (exact) mass is 235 g/mol. The third-order valence-electron chi connectivity index (χ3n) is 2.75. The molecule has 1 rings (SSSR count). The number of carbonyl (C=O) groups is 1. The van der Waals surface area contributed by atoms with E-state index >= 15 is 0 Å². The number of aryl methyl sites for hydroxylation is 1. The van der Waals surface area contributed by atoms with E-state index in [0.29, 0.717) is 18.9 Å². The summed E-state index contributed by atoms with van der Waals surface area (Å²) in [5.74, 6) is 0.362. The quantitative estimate of drug-likeness (QED) is 0.788. The van der Waals surface area contributed by atoms with E-state index in [-0.39, 0.29) is 12.5 Å². The summed E-state index contributed by atoms with van der Waals surface area (Å²) in [7, 11) is 0. The van der Waals surface area contributed by atoms with Gasteiger partial charge in [0.2, 0.25) is 5.91 Å². The van der Waals surface area contributed by atoms with Crippen LogP contribution in [0.25, 0.3) is 0 Å². The van der Waals surface area contributed by atoms with Crippen LogP contribution >= 0.6 is 0 Å². The van der Waals surface area contributed by atoms with Gasteiger partial charge in [0.15, 0.2) is 0 Å². The van der Waals surface area contributed by atoms with Crippen molar-refractivity contribution in [3.8, 4) is 0 Å². The Hall–Kier alpha value is -1.35. The standard InChI is InChI=1S/C14H21NO2/c1-11-3-5-13(6-4-11)9-14(17)15-10-12(2)7-8-16/h3-6,12,16H,7-10H2,1-2H3,(H,15,17). The van der Waals surface area contributed by atoms with Crippen LogP contribution in [0.1, 0.15) is 24.5 Å². The number of rotatable bonds is 6. The van der Waals surface area contributed by atoms with E-state index in [4.69, 9.17) is 5.11 Å². The first-order valence-electron chi connectivity index (χ1n) is 6.05. The lowest BCUT2D eigenvalue weighted by atomic mass is 10.1. The highest BCUT2D eigenvalue weighted by atomic mass is 16.3. The molecule has 2 N–H and O–H groups in total. The molecule has 0 aromatic heterocycles. The second-order valence-electron chi connectivity index (χ2n) is 4.58. The summed E-state index contributed by atoms with van der Waals surface area (Å²) in [4.78, 5) is 11.6. The number of benzene rings is 1. The SMILES string of the molecule is Cc1ccc(CC(=O)NCC(C)CCO)cc1. The molecule has 3 heteroatoms. The zero-order valence-corrected chi connectivity index (χ0v) is 10.6. The van der Waals surface area contributed by atoms with Crippen LogP contribution in [0.5, 0.6) is 0 Å². The van der Waals surface area contributed by atoms with Crippen molar-refractivity contribution >= 4 is 5.91 Å². The third kappa shape index (κ3) is 5.50. The van der Waals surface area contributed by atoms with Crippen LogP contribution in [-0.4, -0.2) is 24.2 Å². The Bertz CT molecular complexity index is 346. The van der Waals surface area contributed by atoms with Gasteiger partial charge < -0.3 is 10.4 Å². The van der Waals surface area contributed by atoms with Gasteiger partial charge in [0.05, 0.1) is 6.42 Å². The second-order valence-corrected chi connectivity index (χ2v) is 4.58. The molecular weight excluding hydrogens is 214 g/mol. The van der Waals surface area contributed by atoms with E-state index in [0.717, 1.165) is 12.0 Å². The van der Waals surface area contributed by atoms with Crippen LogP contribution in [0.3, 0.4) is 0 Å². The van der Waals surface area contributed by atoms with E-state index in [1.54, 1.807) is 0 Å². The Labute approximate surface area is 103 Å². The number of carbonyl (C=O) groups excluding carboxylic acids is 1. The smallest absolute Gasteiger partial charge is 0.224 e. The molecule has 17 heavy (non-hydrogen) atoms. The van der Waals surface area contributed by atoms with Crippen molar-refractivity contribution in [2.45, 2.75) is 26.7 Å². The highest BCUT2D eigenvalue weighted by Gasteiger charge is 2.05. The molecule has 0 saturated carbocycles. The molecule has 0 spiro atoms. The Kier molecular flexibility index (Phi) is 5.70. The van der Waals surface area contributed by atoms with Crippen molar-refractivity contribution in [1.29, 1.82) is 0 Å². The van der Waals surface area contributed by atoms with Gasteiger partial charge in [-0.3, -0.25) is 4.79 Å². The summed E-state index contributed by atoms with van der Waals surface area (Å²) >= 11 is 0. The minimum absolute atomic E-state index is 0.0404. The normalized spacial score (nSPS) is 12.2. The Morgan fingerprint density at radius 2 is 2.00 bits per heavy atom. The Morgan fingerprint density at radius 3 is 2.59 bits per heavy atom. The minimum Gasteiger partial charge on any atom is -0.396 e. The van der Waals surface area contributed by atoms with Crippen LogP contribution in [0.2, 0.25) is 0 Å². The average Bonchev–Trinajstić information content (AvgIpc) is 2.30. The maximum absolute atomic E-state index is 11.6. The first-order chi connectivity index (χ1) is 8.11. The minimum atomic E-state index is 0.0404. The fourth-order valence-electron chi connectivity index (χ4n) is 1.56. The maximum Gasteiger partial charge on any atom is 0.224 e. The number of amides is 1. The zero-order chi connectivity index (χ0) is 12.7. The molecule has 0 aliphatic carbocycles. The van der Waals surface area contributed by atoms with Crippen LogP contribution in [0.4, 0.5) is 0 Å². The summed E-state index contributed by atoms with van der Waals surface area (Å²) in [6.07, 6.45) is 1.15. The summed E-state index contributed by atoms with van der Waals surface area (Å²) in [6, 6.07) is 7.98. The largest absolute Gasteiger partial charge is 0.396 e. The fraction of sp³-hybridized carbons (Fsp3) is 0.500. The van der Waals surface area contributed by atoms with Crippen molar-refractivity contribution in [1.82, 2.24) is 5.32 Å². The molecule has 1 unspecified atom stereocenters. The molecule has 0 saturated heterocycles. The van der Waals surface area contributed by atoms with Crippen molar-refractivity contribution in [3.63, 3.8) is 0 Å². The molecule has 94 valence electrons. The summed E-state index contributed by atoms with van der Waals surface area (Å²) in [5.41, 5.74) is 2.23. The van der Waals surface area contributed by atoms with Crippen molar-refractivity contribution in [2.75, 3.05) is 13.2 Å². The van der Waals surface area contributed by atoms with Crippen LogP contribution < -0.4 is 5.32 Å². The molecular formula is C14H21NO2. The lowest BCUT2D eigenvalue weighted by molar-refractivity contribution is -0.120. The second kappa shape index (κ2) is 7.07. The number of hydrogen-bond donors (Lipinski definition) is 2. The molecule has 1 atom stereocenters. The topological polar surface area (TPSA) is 49.3 Å². The lowest BCUT2D eigenvalue weighted by Gasteiger charge is -2.11. The molecule has 0 radical (unpaired) electrons. The fourth-order valence-corrected chi connectivity index (χ4v) is 1.56. The molecule has 0 aliphatic heterocycles. The van der Waals surface area contributed by atoms with Gasteiger partial charge in [0.25, 0.3) is 0 Å². The van der Waals surface area contributed by atoms with E-state index in [2.05, 4.69) is 5.32 Å². The van der Waals surface area contributed by atoms with Gasteiger partial charge in [-0.25, -0.2) is 0 Å². The Balaban J connectivity index is 2.32. The summed E-state index contributed by atoms with van der Waals surface area (Å²) in [5, 5.41) is 11.6. The van der Waals surface area contributed by atoms with Crippen molar-refractivity contribution < 1.29 is 9.90 Å².